The minimum absolute atomic E-state index is 0.481. The van der Waals surface area contributed by atoms with E-state index in [4.69, 9.17) is 4.74 Å². The Hall–Kier alpha value is -0.150. The molecular weight excluding hydrogens is 121 g/mol. The highest BCUT2D eigenvalue weighted by atomic mass is 19.2. The standard InChI is InChI=1S/C6H10FNO/c7-8-1-5-3-9-4-6(5)2-8/h5-6H,1-4H2. The Morgan fingerprint density at radius 1 is 1.22 bits per heavy atom. The zero-order valence-corrected chi connectivity index (χ0v) is 5.22. The topological polar surface area (TPSA) is 12.5 Å². The van der Waals surface area contributed by atoms with Crippen LogP contribution in [0.15, 0.2) is 0 Å². The van der Waals surface area contributed by atoms with Crippen molar-refractivity contribution in [3.05, 3.63) is 0 Å². The van der Waals surface area contributed by atoms with E-state index in [9.17, 15) is 4.48 Å². The van der Waals surface area contributed by atoms with Gasteiger partial charge in [0, 0.05) is 24.9 Å². The number of fused-ring (bicyclic) bond motifs is 1. The van der Waals surface area contributed by atoms with Gasteiger partial charge in [0.2, 0.25) is 0 Å². The second-order valence-electron chi connectivity index (χ2n) is 2.89. The van der Waals surface area contributed by atoms with Gasteiger partial charge in [0.05, 0.1) is 13.2 Å². The van der Waals surface area contributed by atoms with Crippen LogP contribution in [0.25, 0.3) is 0 Å². The summed E-state index contributed by atoms with van der Waals surface area (Å²) in [6.07, 6.45) is 0. The molecule has 0 bridgehead atoms. The van der Waals surface area contributed by atoms with Crippen molar-refractivity contribution in [1.29, 1.82) is 0 Å². The zero-order valence-electron chi connectivity index (χ0n) is 5.22. The Morgan fingerprint density at radius 2 is 1.78 bits per heavy atom. The minimum atomic E-state index is 0.481. The summed E-state index contributed by atoms with van der Waals surface area (Å²) in [5.41, 5.74) is 0. The molecule has 0 aliphatic carbocycles. The highest BCUT2D eigenvalue weighted by Gasteiger charge is 2.37. The average Bonchev–Trinajstić information content (AvgIpc) is 2.22. The lowest BCUT2D eigenvalue weighted by atomic mass is 10.0. The van der Waals surface area contributed by atoms with Crippen molar-refractivity contribution >= 4 is 0 Å². The molecular formula is C6H10FNO. The van der Waals surface area contributed by atoms with E-state index in [1.807, 2.05) is 0 Å². The summed E-state index contributed by atoms with van der Waals surface area (Å²) in [7, 11) is 0. The van der Waals surface area contributed by atoms with Crippen molar-refractivity contribution in [1.82, 2.24) is 5.12 Å². The van der Waals surface area contributed by atoms with Crippen LogP contribution >= 0.6 is 0 Å². The van der Waals surface area contributed by atoms with E-state index in [1.54, 1.807) is 0 Å². The van der Waals surface area contributed by atoms with Crippen molar-refractivity contribution in [2.24, 2.45) is 11.8 Å². The van der Waals surface area contributed by atoms with Gasteiger partial charge in [-0.15, -0.1) is 9.60 Å². The molecule has 2 heterocycles. The van der Waals surface area contributed by atoms with Gasteiger partial charge >= 0.3 is 0 Å². The van der Waals surface area contributed by atoms with E-state index in [0.717, 1.165) is 18.3 Å². The van der Waals surface area contributed by atoms with Crippen molar-refractivity contribution < 1.29 is 9.22 Å². The maximum Gasteiger partial charge on any atom is 0.0511 e. The summed E-state index contributed by atoms with van der Waals surface area (Å²) in [6.45, 7) is 2.71. The first-order valence-corrected chi connectivity index (χ1v) is 3.35. The fourth-order valence-corrected chi connectivity index (χ4v) is 1.63. The summed E-state index contributed by atoms with van der Waals surface area (Å²) >= 11 is 0. The number of ether oxygens (including phenoxy) is 1. The first-order valence-electron chi connectivity index (χ1n) is 3.35. The van der Waals surface area contributed by atoms with Crippen LogP contribution in [0.2, 0.25) is 0 Å². The normalized spacial score (nSPS) is 43.7. The first kappa shape index (κ1) is 5.62. The molecule has 2 fully saturated rings. The second kappa shape index (κ2) is 1.92. The van der Waals surface area contributed by atoms with Gasteiger partial charge in [-0.1, -0.05) is 0 Å². The summed E-state index contributed by atoms with van der Waals surface area (Å²) in [6, 6.07) is 0. The first-order chi connectivity index (χ1) is 4.36. The number of hydrogen-bond acceptors (Lipinski definition) is 2. The lowest BCUT2D eigenvalue weighted by molar-refractivity contribution is 0.0305. The Labute approximate surface area is 53.5 Å². The Bertz CT molecular complexity index is 108. The molecule has 9 heavy (non-hydrogen) atoms. The third kappa shape index (κ3) is 0.843. The molecule has 0 spiro atoms. The highest BCUT2D eigenvalue weighted by molar-refractivity contribution is 4.83. The summed E-state index contributed by atoms with van der Waals surface area (Å²) in [5, 5.41) is 0.901. The SMILES string of the molecule is FN1CC2COCC2C1. The smallest absolute Gasteiger partial charge is 0.0511 e. The molecule has 2 rings (SSSR count). The summed E-state index contributed by atoms with van der Waals surface area (Å²) in [4.78, 5) is 0. The number of rotatable bonds is 0. The Morgan fingerprint density at radius 3 is 2.33 bits per heavy atom. The van der Waals surface area contributed by atoms with Gasteiger partial charge in [0.1, 0.15) is 0 Å². The van der Waals surface area contributed by atoms with Crippen molar-refractivity contribution in [3.63, 3.8) is 0 Å². The molecule has 0 aromatic heterocycles. The van der Waals surface area contributed by atoms with Crippen LogP contribution in [0.3, 0.4) is 0 Å². The monoisotopic (exact) mass is 131 g/mol. The van der Waals surface area contributed by atoms with Crippen molar-refractivity contribution in [3.8, 4) is 0 Å². The van der Waals surface area contributed by atoms with E-state index in [1.165, 1.54) is 0 Å². The molecule has 52 valence electrons. The lowest BCUT2D eigenvalue weighted by Crippen LogP contribution is -2.12. The van der Waals surface area contributed by atoms with Crippen LogP contribution in [-0.2, 0) is 4.74 Å². The third-order valence-electron chi connectivity index (χ3n) is 2.20. The molecule has 3 heteroatoms. The van der Waals surface area contributed by atoms with Crippen LogP contribution in [0, 0.1) is 11.8 Å². The van der Waals surface area contributed by atoms with Gasteiger partial charge in [-0.05, 0) is 0 Å². The van der Waals surface area contributed by atoms with Crippen LogP contribution < -0.4 is 0 Å². The molecule has 0 aromatic carbocycles. The predicted molar refractivity (Wildman–Crippen MR) is 30.5 cm³/mol. The molecule has 0 amide bonds. The molecule has 2 nitrogen and oxygen atoms in total. The van der Waals surface area contributed by atoms with Gasteiger partial charge in [0.15, 0.2) is 0 Å². The zero-order chi connectivity index (χ0) is 6.27. The fourth-order valence-electron chi connectivity index (χ4n) is 1.63. The van der Waals surface area contributed by atoms with Crippen molar-refractivity contribution in [2.45, 2.75) is 0 Å². The van der Waals surface area contributed by atoms with E-state index in [2.05, 4.69) is 0 Å². The molecule has 0 saturated carbocycles. The third-order valence-corrected chi connectivity index (χ3v) is 2.20. The molecule has 2 atom stereocenters. The highest BCUT2D eigenvalue weighted by Crippen LogP contribution is 2.28. The summed E-state index contributed by atoms with van der Waals surface area (Å²) in [5.74, 6) is 0.963. The molecule has 2 aliphatic rings. The van der Waals surface area contributed by atoms with Crippen LogP contribution in [-0.4, -0.2) is 31.4 Å². The van der Waals surface area contributed by atoms with Crippen LogP contribution in [0.5, 0.6) is 0 Å². The van der Waals surface area contributed by atoms with E-state index in [0.29, 0.717) is 24.9 Å². The molecule has 2 aliphatic heterocycles. The second-order valence-corrected chi connectivity index (χ2v) is 2.89. The van der Waals surface area contributed by atoms with Gasteiger partial charge < -0.3 is 4.74 Å². The molecule has 0 aromatic rings. The quantitative estimate of drug-likeness (QED) is 0.442. The maximum atomic E-state index is 12.4. The van der Waals surface area contributed by atoms with Crippen LogP contribution in [0.1, 0.15) is 0 Å². The molecule has 2 unspecified atom stereocenters. The number of nitrogens with zero attached hydrogens (tertiary/aromatic N) is 1. The maximum absolute atomic E-state index is 12.4. The van der Waals surface area contributed by atoms with E-state index in [-0.39, 0.29) is 0 Å². The molecule has 0 radical (unpaired) electrons. The number of hydrogen-bond donors (Lipinski definition) is 0. The Kier molecular flexibility index (Phi) is 1.20. The molecule has 0 N–H and O–H groups in total. The van der Waals surface area contributed by atoms with E-state index >= 15 is 0 Å². The Balaban J connectivity index is 2.02. The lowest BCUT2D eigenvalue weighted by Gasteiger charge is -2.01. The van der Waals surface area contributed by atoms with Crippen molar-refractivity contribution in [2.75, 3.05) is 26.3 Å². The van der Waals surface area contributed by atoms with Gasteiger partial charge in [-0.25, -0.2) is 0 Å². The van der Waals surface area contributed by atoms with Gasteiger partial charge in [-0.3, -0.25) is 0 Å². The minimum Gasteiger partial charge on any atom is -0.381 e. The van der Waals surface area contributed by atoms with Gasteiger partial charge in [-0.2, -0.15) is 0 Å². The average molecular weight is 131 g/mol. The van der Waals surface area contributed by atoms with E-state index < -0.39 is 0 Å². The van der Waals surface area contributed by atoms with Crippen LogP contribution in [0.4, 0.5) is 4.48 Å². The summed E-state index contributed by atoms with van der Waals surface area (Å²) < 4.78 is 17.6. The number of halogens is 1. The predicted octanol–water partition coefficient (Wildman–Crippen LogP) is 0.449. The largest absolute Gasteiger partial charge is 0.381 e. The molecule has 2 saturated heterocycles. The fraction of sp³-hybridized carbons (Fsp3) is 1.00. The van der Waals surface area contributed by atoms with Gasteiger partial charge in [0.25, 0.3) is 0 Å².